The van der Waals surface area contributed by atoms with Crippen LogP contribution in [0, 0.1) is 5.92 Å². The van der Waals surface area contributed by atoms with Crippen molar-refractivity contribution in [1.29, 1.82) is 0 Å². The van der Waals surface area contributed by atoms with Gasteiger partial charge in [-0.3, -0.25) is 19.4 Å². The highest BCUT2D eigenvalue weighted by molar-refractivity contribution is 6.33. The van der Waals surface area contributed by atoms with Gasteiger partial charge >= 0.3 is 5.97 Å². The molecule has 4 heterocycles. The Hall–Kier alpha value is -2.07. The molecule has 35 heavy (non-hydrogen) atoms. The van der Waals surface area contributed by atoms with Crippen LogP contribution in [-0.2, 0) is 14.3 Å². The molecule has 0 spiro atoms. The highest BCUT2D eigenvalue weighted by atomic mass is 35.5. The molecule has 1 amide bonds. The number of piperidine rings is 3. The van der Waals surface area contributed by atoms with Crippen LogP contribution in [0.3, 0.4) is 0 Å². The minimum atomic E-state index is -0.286. The number of halogens is 1. The maximum atomic E-state index is 12.7. The van der Waals surface area contributed by atoms with Crippen molar-refractivity contribution in [3.63, 3.8) is 0 Å². The Morgan fingerprint density at radius 1 is 1.20 bits per heavy atom. The summed E-state index contributed by atoms with van der Waals surface area (Å²) in [6.45, 7) is 6.65. The molecular formula is C25H37ClN4O5. The lowest BCUT2D eigenvalue weighted by molar-refractivity contribution is -0.158. The number of hydrogen-bond donors (Lipinski definition) is 2. The summed E-state index contributed by atoms with van der Waals surface area (Å²) in [6, 6.07) is 3.06. The molecule has 0 unspecified atom stereocenters. The number of amides is 1. The number of esters is 1. The first kappa shape index (κ1) is 26.0. The van der Waals surface area contributed by atoms with Crippen molar-refractivity contribution in [3.8, 4) is 5.75 Å². The fourth-order valence-electron chi connectivity index (χ4n) is 5.20. The molecule has 0 radical (unpaired) electrons. The molecule has 0 saturated carbocycles. The third kappa shape index (κ3) is 7.00. The summed E-state index contributed by atoms with van der Waals surface area (Å²) < 4.78 is 16.9. The van der Waals surface area contributed by atoms with E-state index in [-0.39, 0.29) is 24.1 Å². The zero-order chi connectivity index (χ0) is 24.8. The van der Waals surface area contributed by atoms with Crippen LogP contribution >= 0.6 is 11.6 Å². The van der Waals surface area contributed by atoms with Gasteiger partial charge in [-0.2, -0.15) is 0 Å². The molecule has 0 aromatic heterocycles. The Morgan fingerprint density at radius 3 is 2.71 bits per heavy atom. The molecule has 10 heteroatoms. The number of morpholine rings is 1. The topological polar surface area (TPSA) is 106 Å². The van der Waals surface area contributed by atoms with Gasteiger partial charge in [-0.15, -0.1) is 0 Å². The molecule has 194 valence electrons. The van der Waals surface area contributed by atoms with Gasteiger partial charge in [0.25, 0.3) is 5.91 Å². The smallest absolute Gasteiger partial charge is 0.306 e. The van der Waals surface area contributed by atoms with Crippen molar-refractivity contribution in [3.05, 3.63) is 22.7 Å². The molecular weight excluding hydrogens is 472 g/mol. The number of carbonyl (C=O) groups excluding carboxylic acids is 2. The summed E-state index contributed by atoms with van der Waals surface area (Å²) in [4.78, 5) is 29.7. The average Bonchev–Trinajstić information content (AvgIpc) is 2.87. The number of nitrogens with one attached hydrogen (secondary N) is 1. The van der Waals surface area contributed by atoms with Gasteiger partial charge in [-0.05, 0) is 57.3 Å². The number of ether oxygens (including phenoxy) is 3. The number of anilines is 1. The SMILES string of the molecule is COc1cc(N)c(Cl)cc1C(=O)NC[C@H]1CN(CCCCC(=O)O[C@H]2CN3CCC2CC3)CCO1. The normalized spacial score (nSPS) is 26.3. The van der Waals surface area contributed by atoms with Crippen LogP contribution in [0.4, 0.5) is 5.69 Å². The first-order valence-corrected chi connectivity index (χ1v) is 13.0. The molecule has 0 aliphatic carbocycles. The zero-order valence-electron chi connectivity index (χ0n) is 20.5. The third-order valence-electron chi connectivity index (χ3n) is 7.26. The Bertz CT molecular complexity index is 893. The lowest BCUT2D eigenvalue weighted by Gasteiger charge is -2.43. The van der Waals surface area contributed by atoms with Crippen molar-refractivity contribution >= 4 is 29.2 Å². The first-order chi connectivity index (χ1) is 16.9. The van der Waals surface area contributed by atoms with Gasteiger partial charge in [-0.25, -0.2) is 0 Å². The van der Waals surface area contributed by atoms with Gasteiger partial charge in [0, 0.05) is 38.7 Å². The minimum Gasteiger partial charge on any atom is -0.496 e. The monoisotopic (exact) mass is 508 g/mol. The van der Waals surface area contributed by atoms with Crippen molar-refractivity contribution in [1.82, 2.24) is 15.1 Å². The van der Waals surface area contributed by atoms with Crippen LogP contribution < -0.4 is 15.8 Å². The Kier molecular flexibility index (Phi) is 9.10. The fourth-order valence-corrected chi connectivity index (χ4v) is 5.36. The zero-order valence-corrected chi connectivity index (χ0v) is 21.2. The largest absolute Gasteiger partial charge is 0.496 e. The van der Waals surface area contributed by atoms with Crippen molar-refractivity contribution in [2.75, 3.05) is 65.3 Å². The van der Waals surface area contributed by atoms with Crippen molar-refractivity contribution in [2.24, 2.45) is 5.92 Å². The molecule has 3 N–H and O–H groups in total. The number of fused-ring (bicyclic) bond motifs is 3. The van der Waals surface area contributed by atoms with E-state index < -0.39 is 0 Å². The molecule has 4 aliphatic rings. The predicted molar refractivity (Wildman–Crippen MR) is 134 cm³/mol. The van der Waals surface area contributed by atoms with E-state index in [0.29, 0.717) is 47.5 Å². The quantitative estimate of drug-likeness (QED) is 0.281. The molecule has 2 bridgehead atoms. The number of nitrogens with two attached hydrogens (primary N) is 1. The number of benzene rings is 1. The number of rotatable bonds is 10. The first-order valence-electron chi connectivity index (χ1n) is 12.6. The van der Waals surface area contributed by atoms with E-state index >= 15 is 0 Å². The lowest BCUT2D eigenvalue weighted by Crippen LogP contribution is -2.51. The lowest BCUT2D eigenvalue weighted by atomic mass is 9.86. The van der Waals surface area contributed by atoms with E-state index in [4.69, 9.17) is 31.5 Å². The van der Waals surface area contributed by atoms with Crippen LogP contribution in [0.15, 0.2) is 12.1 Å². The van der Waals surface area contributed by atoms with E-state index in [9.17, 15) is 9.59 Å². The summed E-state index contributed by atoms with van der Waals surface area (Å²) in [6.07, 6.45) is 4.50. The van der Waals surface area contributed by atoms with Gasteiger partial charge in [-0.1, -0.05) is 11.6 Å². The number of methoxy groups -OCH3 is 1. The summed E-state index contributed by atoms with van der Waals surface area (Å²) >= 11 is 6.08. The summed E-state index contributed by atoms with van der Waals surface area (Å²) in [5, 5.41) is 3.22. The number of hydrogen-bond acceptors (Lipinski definition) is 8. The van der Waals surface area contributed by atoms with E-state index in [1.807, 2.05) is 0 Å². The molecule has 1 aromatic carbocycles. The Balaban J connectivity index is 1.14. The van der Waals surface area contributed by atoms with E-state index in [1.165, 1.54) is 13.2 Å². The van der Waals surface area contributed by atoms with E-state index in [0.717, 1.165) is 65.0 Å². The van der Waals surface area contributed by atoms with Crippen LogP contribution in [0.25, 0.3) is 0 Å². The van der Waals surface area contributed by atoms with Gasteiger partial charge in [0.2, 0.25) is 0 Å². The van der Waals surface area contributed by atoms with Gasteiger partial charge in [0.1, 0.15) is 11.9 Å². The summed E-state index contributed by atoms with van der Waals surface area (Å²) in [7, 11) is 1.49. The van der Waals surface area contributed by atoms with Crippen LogP contribution in [0.5, 0.6) is 5.75 Å². The maximum absolute atomic E-state index is 12.7. The standard InChI is InChI=1S/C25H37ClN4O5/c1-33-22-13-21(27)20(26)12-19(22)25(32)28-14-18-15-29(10-11-34-18)7-3-2-4-24(31)35-23-16-30-8-5-17(23)6-9-30/h12-13,17-18,23H,2-11,14-16,27H2,1H3,(H,28,32)/t18-,23-/m0/s1. The van der Waals surface area contributed by atoms with Crippen molar-refractivity contribution < 1.29 is 23.8 Å². The second kappa shape index (κ2) is 12.3. The molecule has 4 fully saturated rings. The second-order valence-corrected chi connectivity index (χ2v) is 10.1. The highest BCUT2D eigenvalue weighted by Crippen LogP contribution is 2.30. The average molecular weight is 509 g/mol. The summed E-state index contributed by atoms with van der Waals surface area (Å²) in [5.74, 6) is 0.575. The molecule has 4 saturated heterocycles. The van der Waals surface area contributed by atoms with E-state index in [1.54, 1.807) is 6.07 Å². The second-order valence-electron chi connectivity index (χ2n) is 9.70. The number of nitrogen functional groups attached to an aromatic ring is 1. The highest BCUT2D eigenvalue weighted by Gasteiger charge is 2.36. The maximum Gasteiger partial charge on any atom is 0.306 e. The van der Waals surface area contributed by atoms with Crippen LogP contribution in [0.1, 0.15) is 42.5 Å². The van der Waals surface area contributed by atoms with Crippen LogP contribution in [0.2, 0.25) is 5.02 Å². The third-order valence-corrected chi connectivity index (χ3v) is 7.59. The number of unbranched alkanes of at least 4 members (excludes halogenated alkanes) is 1. The Morgan fingerprint density at radius 2 is 2.00 bits per heavy atom. The minimum absolute atomic E-state index is 0.0653. The van der Waals surface area contributed by atoms with Gasteiger partial charge < -0.3 is 25.3 Å². The molecule has 4 aliphatic heterocycles. The number of carbonyl (C=O) groups is 2. The predicted octanol–water partition coefficient (Wildman–Crippen LogP) is 2.17. The fraction of sp³-hybridized carbons (Fsp3) is 0.680. The molecule has 1 aromatic rings. The molecule has 2 atom stereocenters. The van der Waals surface area contributed by atoms with Crippen LogP contribution in [-0.4, -0.2) is 93.4 Å². The van der Waals surface area contributed by atoms with Crippen molar-refractivity contribution in [2.45, 2.75) is 44.3 Å². The molecule has 5 rings (SSSR count). The summed E-state index contributed by atoms with van der Waals surface area (Å²) in [5.41, 5.74) is 6.49. The van der Waals surface area contributed by atoms with Gasteiger partial charge in [0.05, 0.1) is 36.1 Å². The molecule has 9 nitrogen and oxygen atoms in total. The van der Waals surface area contributed by atoms with Gasteiger partial charge in [0.15, 0.2) is 0 Å². The van der Waals surface area contributed by atoms with E-state index in [2.05, 4.69) is 15.1 Å². The number of nitrogens with zero attached hydrogens (tertiary/aromatic N) is 2. The Labute approximate surface area is 212 Å².